The number of carbonyl (C=O) groups excluding carboxylic acids is 1. The van der Waals surface area contributed by atoms with Crippen LogP contribution in [0.3, 0.4) is 0 Å². The predicted octanol–water partition coefficient (Wildman–Crippen LogP) is 1.30. The molecule has 1 aliphatic heterocycles. The molecule has 1 aromatic heterocycles. The van der Waals surface area contributed by atoms with E-state index in [0.29, 0.717) is 13.0 Å². The van der Waals surface area contributed by atoms with Gasteiger partial charge in [0.2, 0.25) is 0 Å². The lowest BCUT2D eigenvalue weighted by Gasteiger charge is -2.05. The van der Waals surface area contributed by atoms with Gasteiger partial charge in [0.1, 0.15) is 10.4 Å². The molecule has 0 aromatic carbocycles. The maximum absolute atomic E-state index is 11.3. The van der Waals surface area contributed by atoms with Gasteiger partial charge in [-0.05, 0) is 22.9 Å². The maximum atomic E-state index is 11.3. The Morgan fingerprint density at radius 2 is 2.43 bits per heavy atom. The molecule has 1 aliphatic rings. The molecule has 4 nitrogen and oxygen atoms in total. The second kappa shape index (κ2) is 3.38. The van der Waals surface area contributed by atoms with E-state index in [1.165, 1.54) is 7.11 Å². The van der Waals surface area contributed by atoms with E-state index in [9.17, 15) is 4.79 Å². The minimum absolute atomic E-state index is 0.0700. The van der Waals surface area contributed by atoms with E-state index in [2.05, 4.69) is 20.9 Å². The zero-order chi connectivity index (χ0) is 10.3. The van der Waals surface area contributed by atoms with Crippen molar-refractivity contribution in [2.75, 3.05) is 7.11 Å². The summed E-state index contributed by atoms with van der Waals surface area (Å²) >= 11 is 3.45. The predicted molar refractivity (Wildman–Crippen MR) is 53.9 cm³/mol. The van der Waals surface area contributed by atoms with Crippen LogP contribution in [0.5, 0.6) is 0 Å². The Morgan fingerprint density at radius 1 is 1.71 bits per heavy atom. The average molecular weight is 259 g/mol. The summed E-state index contributed by atoms with van der Waals surface area (Å²) in [6, 6.07) is 0. The number of halogens is 1. The Balaban J connectivity index is 2.23. The number of hydrogen-bond acceptors (Lipinski definition) is 3. The third kappa shape index (κ3) is 1.35. The number of imidazole rings is 1. The topological polar surface area (TPSA) is 44.1 Å². The van der Waals surface area contributed by atoms with E-state index < -0.39 is 0 Å². The molecule has 0 fully saturated rings. The molecule has 0 amide bonds. The highest BCUT2D eigenvalue weighted by Gasteiger charge is 2.31. The van der Waals surface area contributed by atoms with Crippen LogP contribution in [-0.4, -0.2) is 22.6 Å². The standard InChI is InChI=1S/C9H11BrN2O2/c1-5-8(10)12-4-6(9(13)14-2)3-7(12)11-5/h6H,3-4H2,1-2H3. The normalized spacial score (nSPS) is 19.5. The van der Waals surface area contributed by atoms with Crippen LogP contribution >= 0.6 is 15.9 Å². The van der Waals surface area contributed by atoms with Crippen molar-refractivity contribution in [2.24, 2.45) is 5.92 Å². The van der Waals surface area contributed by atoms with Crippen molar-refractivity contribution in [3.05, 3.63) is 16.1 Å². The van der Waals surface area contributed by atoms with Crippen molar-refractivity contribution in [1.82, 2.24) is 9.55 Å². The summed E-state index contributed by atoms with van der Waals surface area (Å²) < 4.78 is 7.71. The molecule has 0 N–H and O–H groups in total. The minimum atomic E-state index is -0.153. The fraction of sp³-hybridized carbons (Fsp3) is 0.556. The van der Waals surface area contributed by atoms with E-state index in [1.807, 2.05) is 11.5 Å². The van der Waals surface area contributed by atoms with Crippen LogP contribution in [0.4, 0.5) is 0 Å². The average Bonchev–Trinajstić information content (AvgIpc) is 2.68. The van der Waals surface area contributed by atoms with Gasteiger partial charge in [0.25, 0.3) is 0 Å². The zero-order valence-electron chi connectivity index (χ0n) is 8.08. The molecule has 2 heterocycles. The van der Waals surface area contributed by atoms with Gasteiger partial charge in [-0.25, -0.2) is 4.98 Å². The van der Waals surface area contributed by atoms with Gasteiger partial charge < -0.3 is 9.30 Å². The largest absolute Gasteiger partial charge is 0.469 e. The second-order valence-electron chi connectivity index (χ2n) is 3.44. The van der Waals surface area contributed by atoms with Crippen molar-refractivity contribution in [3.8, 4) is 0 Å². The number of nitrogens with zero attached hydrogens (tertiary/aromatic N) is 2. The highest BCUT2D eigenvalue weighted by Crippen LogP contribution is 2.27. The quantitative estimate of drug-likeness (QED) is 0.714. The van der Waals surface area contributed by atoms with E-state index in [1.54, 1.807) is 0 Å². The first-order chi connectivity index (χ1) is 6.63. The monoisotopic (exact) mass is 258 g/mol. The lowest BCUT2D eigenvalue weighted by atomic mass is 10.1. The molecule has 1 unspecified atom stereocenters. The molecule has 0 radical (unpaired) electrons. The van der Waals surface area contributed by atoms with Crippen LogP contribution in [0.15, 0.2) is 4.60 Å². The van der Waals surface area contributed by atoms with Crippen molar-refractivity contribution in [3.63, 3.8) is 0 Å². The number of carbonyl (C=O) groups is 1. The minimum Gasteiger partial charge on any atom is -0.469 e. The number of ether oxygens (including phenoxy) is 1. The zero-order valence-corrected chi connectivity index (χ0v) is 9.67. The second-order valence-corrected chi connectivity index (χ2v) is 4.19. The van der Waals surface area contributed by atoms with Crippen LogP contribution in [0, 0.1) is 12.8 Å². The summed E-state index contributed by atoms with van der Waals surface area (Å²) in [5, 5.41) is 0. The van der Waals surface area contributed by atoms with Gasteiger partial charge in [-0.1, -0.05) is 0 Å². The Labute approximate surface area is 90.4 Å². The molecule has 5 heteroatoms. The van der Waals surface area contributed by atoms with Gasteiger partial charge in [-0.15, -0.1) is 0 Å². The van der Waals surface area contributed by atoms with Gasteiger partial charge in [0.15, 0.2) is 0 Å². The van der Waals surface area contributed by atoms with Crippen LogP contribution in [0.1, 0.15) is 11.5 Å². The van der Waals surface area contributed by atoms with E-state index in [-0.39, 0.29) is 11.9 Å². The third-order valence-corrected chi connectivity index (χ3v) is 3.51. The first kappa shape index (κ1) is 9.71. The van der Waals surface area contributed by atoms with Crippen molar-refractivity contribution >= 4 is 21.9 Å². The van der Waals surface area contributed by atoms with Crippen LogP contribution in [-0.2, 0) is 22.5 Å². The van der Waals surface area contributed by atoms with Crippen molar-refractivity contribution in [2.45, 2.75) is 19.9 Å². The number of esters is 1. The Kier molecular flexibility index (Phi) is 2.34. The smallest absolute Gasteiger partial charge is 0.310 e. The van der Waals surface area contributed by atoms with Crippen LogP contribution < -0.4 is 0 Å². The number of rotatable bonds is 1. The summed E-state index contributed by atoms with van der Waals surface area (Å²) in [5.41, 5.74) is 0.975. The summed E-state index contributed by atoms with van der Waals surface area (Å²) in [5.74, 6) is 0.740. The summed E-state index contributed by atoms with van der Waals surface area (Å²) in [4.78, 5) is 15.7. The number of methoxy groups -OCH3 is 1. The molecular weight excluding hydrogens is 248 g/mol. The number of hydrogen-bond donors (Lipinski definition) is 0. The molecule has 0 saturated carbocycles. The molecule has 0 saturated heterocycles. The van der Waals surface area contributed by atoms with Crippen LogP contribution in [0.2, 0.25) is 0 Å². The molecule has 1 aromatic rings. The summed E-state index contributed by atoms with van der Waals surface area (Å²) in [7, 11) is 1.42. The highest BCUT2D eigenvalue weighted by molar-refractivity contribution is 9.10. The van der Waals surface area contributed by atoms with Gasteiger partial charge in [0, 0.05) is 13.0 Å². The lowest BCUT2D eigenvalue weighted by molar-refractivity contribution is -0.145. The SMILES string of the molecule is COC(=O)C1Cc2nc(C)c(Br)n2C1. The Bertz CT molecular complexity index is 386. The van der Waals surface area contributed by atoms with E-state index in [0.717, 1.165) is 16.1 Å². The summed E-state index contributed by atoms with van der Waals surface area (Å²) in [6.07, 6.45) is 0.680. The van der Waals surface area contributed by atoms with Gasteiger partial charge in [-0.3, -0.25) is 4.79 Å². The molecule has 2 rings (SSSR count). The van der Waals surface area contributed by atoms with Gasteiger partial charge in [0.05, 0.1) is 18.7 Å². The maximum Gasteiger partial charge on any atom is 0.310 e. The Morgan fingerprint density at radius 3 is 3.00 bits per heavy atom. The molecule has 0 aliphatic carbocycles. The molecule has 0 bridgehead atoms. The molecule has 0 spiro atoms. The number of fused-ring (bicyclic) bond motifs is 1. The number of aromatic nitrogens is 2. The fourth-order valence-corrected chi connectivity index (χ4v) is 2.22. The number of aryl methyl sites for hydroxylation is 1. The van der Waals surface area contributed by atoms with Crippen LogP contribution in [0.25, 0.3) is 0 Å². The molecular formula is C9H11BrN2O2. The molecule has 14 heavy (non-hydrogen) atoms. The Hall–Kier alpha value is -0.840. The third-order valence-electron chi connectivity index (χ3n) is 2.51. The van der Waals surface area contributed by atoms with Gasteiger partial charge in [-0.2, -0.15) is 0 Å². The fourth-order valence-electron chi connectivity index (χ4n) is 1.78. The first-order valence-corrected chi connectivity index (χ1v) is 5.22. The van der Waals surface area contributed by atoms with Crippen molar-refractivity contribution < 1.29 is 9.53 Å². The van der Waals surface area contributed by atoms with E-state index >= 15 is 0 Å². The van der Waals surface area contributed by atoms with Crippen molar-refractivity contribution in [1.29, 1.82) is 0 Å². The summed E-state index contributed by atoms with van der Waals surface area (Å²) in [6.45, 7) is 2.62. The van der Waals surface area contributed by atoms with Gasteiger partial charge >= 0.3 is 5.97 Å². The first-order valence-electron chi connectivity index (χ1n) is 4.42. The molecule has 76 valence electrons. The lowest BCUT2D eigenvalue weighted by Crippen LogP contribution is -2.17. The van der Waals surface area contributed by atoms with E-state index in [4.69, 9.17) is 4.74 Å². The highest BCUT2D eigenvalue weighted by atomic mass is 79.9. The molecule has 1 atom stereocenters.